The molecule has 152 valence electrons. The van der Waals surface area contributed by atoms with Gasteiger partial charge >= 0.3 is 24.4 Å². The van der Waals surface area contributed by atoms with Gasteiger partial charge < -0.3 is 15.2 Å². The predicted octanol–water partition coefficient (Wildman–Crippen LogP) is 4.24. The van der Waals surface area contributed by atoms with Gasteiger partial charge in [-0.15, -0.1) is 0 Å². The molecule has 0 aliphatic rings. The zero-order valence-electron chi connectivity index (χ0n) is 14.5. The van der Waals surface area contributed by atoms with Crippen molar-refractivity contribution in [2.75, 3.05) is 0 Å². The van der Waals surface area contributed by atoms with E-state index < -0.39 is 59.2 Å². The minimum Gasteiger partial charge on any atom is -0.480 e. The summed E-state index contributed by atoms with van der Waals surface area (Å²) in [6.45, 7) is 4.41. The van der Waals surface area contributed by atoms with Crippen LogP contribution in [0.4, 0.5) is 31.1 Å². The van der Waals surface area contributed by atoms with Crippen LogP contribution in [0.5, 0.6) is 0 Å². The molecule has 5 nitrogen and oxygen atoms in total. The third-order valence-electron chi connectivity index (χ3n) is 3.15. The number of carbonyl (C=O) groups excluding carboxylic acids is 1. The number of hydrogen-bond acceptors (Lipinski definition) is 3. The van der Waals surface area contributed by atoms with Crippen LogP contribution in [-0.4, -0.2) is 28.8 Å². The number of benzene rings is 1. The van der Waals surface area contributed by atoms with Crippen molar-refractivity contribution in [2.45, 2.75) is 51.2 Å². The van der Waals surface area contributed by atoms with E-state index in [1.54, 1.807) is 0 Å². The third kappa shape index (κ3) is 6.99. The van der Waals surface area contributed by atoms with Gasteiger partial charge in [0, 0.05) is 6.42 Å². The molecule has 0 aliphatic carbocycles. The van der Waals surface area contributed by atoms with Gasteiger partial charge in [-0.3, -0.25) is 0 Å². The molecule has 0 saturated carbocycles. The highest BCUT2D eigenvalue weighted by Gasteiger charge is 2.38. The summed E-state index contributed by atoms with van der Waals surface area (Å²) in [7, 11) is 0. The highest BCUT2D eigenvalue weighted by atomic mass is 19.4. The normalized spacial score (nSPS) is 13.8. The van der Waals surface area contributed by atoms with Gasteiger partial charge in [-0.2, -0.15) is 26.3 Å². The van der Waals surface area contributed by atoms with Crippen LogP contribution in [0, 0.1) is 0 Å². The molecule has 27 heavy (non-hydrogen) atoms. The molecule has 0 radical (unpaired) electrons. The smallest absolute Gasteiger partial charge is 0.416 e. The first-order valence-corrected chi connectivity index (χ1v) is 7.50. The highest BCUT2D eigenvalue weighted by Crippen LogP contribution is 2.37. The molecule has 11 heteroatoms. The van der Waals surface area contributed by atoms with Crippen molar-refractivity contribution in [2.24, 2.45) is 0 Å². The van der Waals surface area contributed by atoms with Crippen LogP contribution >= 0.6 is 0 Å². The van der Waals surface area contributed by atoms with Crippen molar-refractivity contribution in [3.05, 3.63) is 34.9 Å². The molecule has 0 aliphatic heterocycles. The summed E-state index contributed by atoms with van der Waals surface area (Å²) in [5.74, 6) is -1.73. The van der Waals surface area contributed by atoms with E-state index in [1.807, 2.05) is 5.32 Å². The molecule has 0 saturated heterocycles. The number of nitrogens with one attached hydrogen (secondary N) is 1. The number of aliphatic carboxylic acids is 1. The number of hydrogen-bond donors (Lipinski definition) is 2. The lowest BCUT2D eigenvalue weighted by Crippen LogP contribution is -2.45. The summed E-state index contributed by atoms with van der Waals surface area (Å²) < 4.78 is 82.4. The van der Waals surface area contributed by atoms with Crippen molar-refractivity contribution in [1.29, 1.82) is 0 Å². The summed E-state index contributed by atoms with van der Waals surface area (Å²) in [5.41, 5.74) is -4.72. The fourth-order valence-corrected chi connectivity index (χ4v) is 2.09. The number of halogens is 6. The largest absolute Gasteiger partial charge is 0.480 e. The Morgan fingerprint density at radius 2 is 1.63 bits per heavy atom. The van der Waals surface area contributed by atoms with E-state index in [0.717, 1.165) is 0 Å². The van der Waals surface area contributed by atoms with Crippen molar-refractivity contribution in [3.63, 3.8) is 0 Å². The van der Waals surface area contributed by atoms with Gasteiger partial charge in [0.2, 0.25) is 0 Å². The van der Waals surface area contributed by atoms with E-state index in [1.165, 1.54) is 20.8 Å². The van der Waals surface area contributed by atoms with E-state index in [9.17, 15) is 35.9 Å². The van der Waals surface area contributed by atoms with Crippen LogP contribution in [-0.2, 0) is 28.3 Å². The number of alkyl carbamates (subject to hydrolysis) is 1. The molecule has 1 aromatic rings. The zero-order valence-corrected chi connectivity index (χ0v) is 14.5. The number of ether oxygens (including phenoxy) is 1. The van der Waals surface area contributed by atoms with Gasteiger partial charge in [-0.25, -0.2) is 9.59 Å². The maximum absolute atomic E-state index is 13.1. The van der Waals surface area contributed by atoms with Crippen LogP contribution in [0.3, 0.4) is 0 Å². The fourth-order valence-electron chi connectivity index (χ4n) is 2.09. The molecule has 0 fully saturated rings. The van der Waals surface area contributed by atoms with Crippen LogP contribution in [0.2, 0.25) is 0 Å². The minimum absolute atomic E-state index is 0.218. The van der Waals surface area contributed by atoms with Gasteiger partial charge in [0.25, 0.3) is 0 Å². The van der Waals surface area contributed by atoms with Gasteiger partial charge in [-0.1, -0.05) is 0 Å². The molecule has 0 aromatic heterocycles. The highest BCUT2D eigenvalue weighted by molar-refractivity contribution is 5.80. The molecule has 2 N–H and O–H groups in total. The number of carbonyl (C=O) groups is 2. The van der Waals surface area contributed by atoms with E-state index >= 15 is 0 Å². The van der Waals surface area contributed by atoms with Crippen LogP contribution in [0.1, 0.15) is 37.5 Å². The first-order valence-electron chi connectivity index (χ1n) is 7.50. The number of rotatable bonds is 4. The second kappa shape index (κ2) is 7.65. The van der Waals surface area contributed by atoms with Crippen molar-refractivity contribution in [3.8, 4) is 0 Å². The van der Waals surface area contributed by atoms with Gasteiger partial charge in [0.15, 0.2) is 0 Å². The summed E-state index contributed by atoms with van der Waals surface area (Å²) >= 11 is 0. The second-order valence-corrected chi connectivity index (χ2v) is 6.61. The zero-order chi connectivity index (χ0) is 21.2. The van der Waals surface area contributed by atoms with Crippen molar-refractivity contribution >= 4 is 12.1 Å². The molecule has 0 bridgehead atoms. The Labute approximate surface area is 150 Å². The Balaban J connectivity index is 3.23. The Kier molecular flexibility index (Phi) is 6.40. The lowest BCUT2D eigenvalue weighted by molar-refractivity contribution is -0.142. The number of carboxylic acid groups (broad SMARTS) is 1. The molecule has 1 unspecified atom stereocenters. The fraction of sp³-hybridized carbons (Fsp3) is 0.500. The van der Waals surface area contributed by atoms with Gasteiger partial charge in [0.1, 0.15) is 11.6 Å². The predicted molar refractivity (Wildman–Crippen MR) is 80.9 cm³/mol. The summed E-state index contributed by atoms with van der Waals surface area (Å²) in [4.78, 5) is 22.9. The lowest BCUT2D eigenvalue weighted by atomic mass is 9.97. The molecule has 1 rings (SSSR count). The maximum Gasteiger partial charge on any atom is 0.416 e. The molecule has 0 spiro atoms. The molecule has 0 heterocycles. The van der Waals surface area contributed by atoms with Gasteiger partial charge in [0.05, 0.1) is 11.1 Å². The van der Waals surface area contributed by atoms with E-state index in [-0.39, 0.29) is 18.2 Å². The quantitative estimate of drug-likeness (QED) is 0.740. The lowest BCUT2D eigenvalue weighted by Gasteiger charge is -2.23. The maximum atomic E-state index is 13.1. The van der Waals surface area contributed by atoms with Gasteiger partial charge in [-0.05, 0) is 44.5 Å². The first kappa shape index (κ1) is 22.6. The molecule has 1 atom stereocenters. The Bertz CT molecular complexity index is 706. The number of carboxylic acids is 1. The molecular formula is C16H17F6NO4. The topological polar surface area (TPSA) is 75.6 Å². The molecule has 1 aromatic carbocycles. The van der Waals surface area contributed by atoms with Crippen LogP contribution in [0.25, 0.3) is 0 Å². The van der Waals surface area contributed by atoms with E-state index in [0.29, 0.717) is 0 Å². The third-order valence-corrected chi connectivity index (χ3v) is 3.15. The summed E-state index contributed by atoms with van der Waals surface area (Å²) in [5, 5.41) is 11.0. The number of alkyl halides is 6. The Morgan fingerprint density at radius 3 is 2.04 bits per heavy atom. The average Bonchev–Trinajstić information content (AvgIpc) is 2.42. The summed E-state index contributed by atoms with van der Waals surface area (Å²) in [6, 6.07) is -1.23. The number of amides is 1. The van der Waals surface area contributed by atoms with E-state index in [2.05, 4.69) is 0 Å². The van der Waals surface area contributed by atoms with Crippen LogP contribution < -0.4 is 5.32 Å². The van der Waals surface area contributed by atoms with E-state index in [4.69, 9.17) is 9.84 Å². The monoisotopic (exact) mass is 401 g/mol. The first-order chi connectivity index (χ1) is 12.0. The SMILES string of the molecule is CC(C)(C)OC(=O)NC(Cc1cc(C(F)(F)F)ccc1C(F)(F)F)C(=O)O. The molecular weight excluding hydrogens is 384 g/mol. The van der Waals surface area contributed by atoms with Crippen molar-refractivity contribution in [1.82, 2.24) is 5.32 Å². The summed E-state index contributed by atoms with van der Waals surface area (Å²) in [6.07, 6.45) is -12.2. The second-order valence-electron chi connectivity index (χ2n) is 6.61. The standard InChI is InChI=1S/C16H17F6NO4/c1-14(2,3)27-13(26)23-11(12(24)25)7-8-6-9(15(17,18)19)4-5-10(8)16(20,21)22/h4-6,11H,7H2,1-3H3,(H,23,26)(H,24,25). The van der Waals surface area contributed by atoms with Crippen LogP contribution in [0.15, 0.2) is 18.2 Å². The average molecular weight is 401 g/mol. The minimum atomic E-state index is -5.01. The van der Waals surface area contributed by atoms with Crippen molar-refractivity contribution < 1.29 is 45.8 Å². The Hall–Kier alpha value is -2.46. The molecule has 1 amide bonds. The Morgan fingerprint density at radius 1 is 1.07 bits per heavy atom.